The molecule has 0 aromatic carbocycles. The Morgan fingerprint density at radius 2 is 0.870 bits per heavy atom. The summed E-state index contributed by atoms with van der Waals surface area (Å²) in [6.07, 6.45) is 0. The third-order valence-corrected chi connectivity index (χ3v) is 1.25. The van der Waals surface area contributed by atoms with Crippen LogP contribution in [0.5, 0.6) is 0 Å². The summed E-state index contributed by atoms with van der Waals surface area (Å²) in [5.74, 6) is -3.25. The van der Waals surface area contributed by atoms with Crippen molar-refractivity contribution in [2.24, 2.45) is 0 Å². The van der Waals surface area contributed by atoms with Gasteiger partial charge in [0.15, 0.2) is 0 Å². The Hall–Kier alpha value is -0.160. The summed E-state index contributed by atoms with van der Waals surface area (Å²) >= 11 is 0. The maximum absolute atomic E-state index is 10.1. The first-order valence-electron chi connectivity index (χ1n) is 5.93. The van der Waals surface area contributed by atoms with Crippen LogP contribution in [0.4, 0.5) is 0 Å². The number of nitrogens with zero attached hydrogens (tertiary/aromatic N) is 1. The monoisotopic (exact) mass is 359 g/mol. The second kappa shape index (κ2) is 29.8. The van der Waals surface area contributed by atoms with Crippen LogP contribution in [0.15, 0.2) is 0 Å². The standard InChI is InChI=1S/C6H13NO2.3C2H4O2.2Na.2H/c1-3-7(4-2)5-6(8)9;3*1-2(3)4;;;;/h3-5H2,1-2H3,(H,8,9);3*1H3,(H,3,4);;;;. The normalized spacial score (nSPS) is 7.22. The Kier molecular flexibility index (Phi) is 49.8. The fourth-order valence-corrected chi connectivity index (χ4v) is 0.639. The molecule has 0 aliphatic carbocycles. The number of carbonyl (C=O) groups is 4. The summed E-state index contributed by atoms with van der Waals surface area (Å²) in [5, 5.41) is 30.6. The molecule has 0 aromatic heterocycles. The van der Waals surface area contributed by atoms with Crippen molar-refractivity contribution in [2.75, 3.05) is 19.6 Å². The van der Waals surface area contributed by atoms with Crippen LogP contribution in [0.3, 0.4) is 0 Å². The minimum absolute atomic E-state index is 0. The fourth-order valence-electron chi connectivity index (χ4n) is 0.639. The summed E-state index contributed by atoms with van der Waals surface area (Å²) in [5.41, 5.74) is 0. The Labute approximate surface area is 180 Å². The van der Waals surface area contributed by atoms with E-state index in [0.29, 0.717) is 0 Å². The van der Waals surface area contributed by atoms with Gasteiger partial charge in [0.05, 0.1) is 6.54 Å². The quantitative estimate of drug-likeness (QED) is 0.481. The topological polar surface area (TPSA) is 152 Å². The van der Waals surface area contributed by atoms with Gasteiger partial charge in [0, 0.05) is 20.8 Å². The van der Waals surface area contributed by atoms with Gasteiger partial charge in [-0.1, -0.05) is 13.8 Å². The Bertz CT molecular complexity index is 269. The zero-order chi connectivity index (χ0) is 18.0. The van der Waals surface area contributed by atoms with E-state index >= 15 is 0 Å². The first-order chi connectivity index (χ1) is 9.40. The van der Waals surface area contributed by atoms with Crippen LogP contribution < -0.4 is 0 Å². The van der Waals surface area contributed by atoms with Gasteiger partial charge in [0.1, 0.15) is 0 Å². The minimum atomic E-state index is -0.833. The van der Waals surface area contributed by atoms with Crippen molar-refractivity contribution in [1.29, 1.82) is 0 Å². The Morgan fingerprint density at radius 3 is 0.913 bits per heavy atom. The van der Waals surface area contributed by atoms with Gasteiger partial charge in [-0.05, 0) is 13.1 Å². The van der Waals surface area contributed by atoms with Gasteiger partial charge in [-0.25, -0.2) is 0 Å². The van der Waals surface area contributed by atoms with Gasteiger partial charge < -0.3 is 20.4 Å². The molecule has 0 aliphatic rings. The predicted molar refractivity (Wildman–Crippen MR) is 89.7 cm³/mol. The zero-order valence-corrected chi connectivity index (χ0v) is 13.0. The molecule has 0 bridgehead atoms. The number of hydrogen-bond donors (Lipinski definition) is 4. The van der Waals surface area contributed by atoms with Crippen molar-refractivity contribution >= 4 is 83.0 Å². The number of aliphatic carboxylic acids is 4. The van der Waals surface area contributed by atoms with E-state index in [-0.39, 0.29) is 65.7 Å². The van der Waals surface area contributed by atoms with Crippen molar-refractivity contribution in [3.8, 4) is 0 Å². The van der Waals surface area contributed by atoms with E-state index in [4.69, 9.17) is 34.8 Å². The van der Waals surface area contributed by atoms with Crippen LogP contribution in [-0.4, -0.2) is 128 Å². The van der Waals surface area contributed by atoms with Crippen molar-refractivity contribution < 1.29 is 39.6 Å². The van der Waals surface area contributed by atoms with Gasteiger partial charge in [0.2, 0.25) is 0 Å². The molecule has 9 nitrogen and oxygen atoms in total. The summed E-state index contributed by atoms with van der Waals surface area (Å²) in [7, 11) is 0. The van der Waals surface area contributed by atoms with E-state index < -0.39 is 23.9 Å². The molecule has 0 spiro atoms. The molecule has 4 N–H and O–H groups in total. The SMILES string of the molecule is CC(=O)O.CC(=O)O.CC(=O)O.CCN(CC)CC(=O)O.[NaH].[NaH]. The predicted octanol–water partition coefficient (Wildman–Crippen LogP) is -0.611. The molecular formula is C12H27NNa2O8. The van der Waals surface area contributed by atoms with Gasteiger partial charge in [-0.2, -0.15) is 0 Å². The molecule has 23 heavy (non-hydrogen) atoms. The summed E-state index contributed by atoms with van der Waals surface area (Å²) in [4.78, 5) is 38.9. The summed E-state index contributed by atoms with van der Waals surface area (Å²) in [6, 6.07) is 0. The average molecular weight is 359 g/mol. The van der Waals surface area contributed by atoms with E-state index in [1.807, 2.05) is 18.7 Å². The Morgan fingerprint density at radius 1 is 0.696 bits per heavy atom. The van der Waals surface area contributed by atoms with Crippen LogP contribution in [0.25, 0.3) is 0 Å². The molecule has 0 amide bonds. The third kappa shape index (κ3) is 140. The molecule has 11 heteroatoms. The van der Waals surface area contributed by atoms with E-state index in [1.54, 1.807) is 0 Å². The van der Waals surface area contributed by atoms with E-state index in [1.165, 1.54) is 0 Å². The number of likely N-dealkylation sites (N-methyl/N-ethyl adjacent to an activating group) is 1. The fraction of sp³-hybridized carbons (Fsp3) is 0.667. The van der Waals surface area contributed by atoms with Crippen molar-refractivity contribution in [1.82, 2.24) is 4.90 Å². The van der Waals surface area contributed by atoms with Crippen LogP contribution in [-0.2, 0) is 19.2 Å². The zero-order valence-electron chi connectivity index (χ0n) is 13.0. The second-order valence-electron chi connectivity index (χ2n) is 3.41. The molecule has 0 rings (SSSR count). The molecular weight excluding hydrogens is 332 g/mol. The van der Waals surface area contributed by atoms with Crippen molar-refractivity contribution in [3.63, 3.8) is 0 Å². The number of rotatable bonds is 4. The van der Waals surface area contributed by atoms with Gasteiger partial charge in [0.25, 0.3) is 17.9 Å². The van der Waals surface area contributed by atoms with Crippen LogP contribution >= 0.6 is 0 Å². The first-order valence-corrected chi connectivity index (χ1v) is 5.93. The van der Waals surface area contributed by atoms with E-state index in [2.05, 4.69) is 0 Å². The van der Waals surface area contributed by atoms with E-state index in [0.717, 1.165) is 33.9 Å². The van der Waals surface area contributed by atoms with Crippen LogP contribution in [0.2, 0.25) is 0 Å². The maximum atomic E-state index is 10.1. The van der Waals surface area contributed by atoms with Crippen LogP contribution in [0.1, 0.15) is 34.6 Å². The second-order valence-corrected chi connectivity index (χ2v) is 3.41. The molecule has 0 aliphatic heterocycles. The summed E-state index contributed by atoms with van der Waals surface area (Å²) < 4.78 is 0. The first kappa shape index (κ1) is 38.4. The number of carboxylic acids is 4. The van der Waals surface area contributed by atoms with Gasteiger partial charge in [-0.15, -0.1) is 0 Å². The summed E-state index contributed by atoms with van der Waals surface area (Å²) in [6.45, 7) is 8.93. The molecule has 0 fully saturated rings. The van der Waals surface area contributed by atoms with Crippen molar-refractivity contribution in [3.05, 3.63) is 0 Å². The molecule has 0 radical (unpaired) electrons. The third-order valence-electron chi connectivity index (χ3n) is 1.25. The van der Waals surface area contributed by atoms with Crippen molar-refractivity contribution in [2.45, 2.75) is 34.6 Å². The molecule has 0 unspecified atom stereocenters. The molecule has 0 aromatic rings. The molecule has 0 atom stereocenters. The van der Waals surface area contributed by atoms with Crippen LogP contribution in [0, 0.1) is 0 Å². The van der Waals surface area contributed by atoms with Gasteiger partial charge in [-0.3, -0.25) is 24.1 Å². The number of hydrogen-bond acceptors (Lipinski definition) is 5. The molecule has 0 saturated heterocycles. The van der Waals surface area contributed by atoms with E-state index in [9.17, 15) is 4.79 Å². The number of carboxylic acid groups (broad SMARTS) is 4. The van der Waals surface area contributed by atoms with Gasteiger partial charge >= 0.3 is 65.1 Å². The Balaban J connectivity index is -0.0000000444. The molecule has 0 saturated carbocycles. The molecule has 0 heterocycles. The average Bonchev–Trinajstić information content (AvgIpc) is 2.23. The molecule has 130 valence electrons.